The minimum absolute atomic E-state index is 0.979. The maximum Gasteiger partial charge on any atom is -0.0353 e. The van der Waals surface area contributed by atoms with Crippen LogP contribution in [0, 0.1) is 5.92 Å². The number of hydrogen-bond donors (Lipinski definition) is 0. The molecule has 0 aliphatic rings. The monoisotopic (exact) mass is 196 g/mol. The molecule has 0 heterocycles. The highest BCUT2D eigenvalue weighted by Gasteiger charge is 2.04. The Morgan fingerprint density at radius 1 is 1.00 bits per heavy atom. The van der Waals surface area contributed by atoms with Crippen molar-refractivity contribution < 1.29 is 0 Å². The molecule has 84 valence electrons. The quantitative estimate of drug-likeness (QED) is 0.327. The van der Waals surface area contributed by atoms with Crippen molar-refractivity contribution in [3.05, 3.63) is 12.7 Å². The Morgan fingerprint density at radius 3 is 2.29 bits per heavy atom. The molecule has 0 spiro atoms. The fraction of sp³-hybridized carbons (Fsp3) is 0.857. The molecule has 0 aromatic carbocycles. The molecule has 14 heavy (non-hydrogen) atoms. The number of hydrogen-bond acceptors (Lipinski definition) is 0. The minimum atomic E-state index is 0.979. The first-order valence-electron chi connectivity index (χ1n) is 6.46. The van der Waals surface area contributed by atoms with Crippen LogP contribution < -0.4 is 0 Å². The van der Waals surface area contributed by atoms with Gasteiger partial charge in [0.05, 0.1) is 0 Å². The molecule has 0 nitrogen and oxygen atoms in total. The van der Waals surface area contributed by atoms with Crippen molar-refractivity contribution in [3.63, 3.8) is 0 Å². The number of unbranched alkanes of at least 4 members (excludes halogenated alkanes) is 4. The van der Waals surface area contributed by atoms with Crippen molar-refractivity contribution in [2.45, 2.75) is 71.6 Å². The first-order chi connectivity index (χ1) is 6.85. The smallest absolute Gasteiger partial charge is 0.0353 e. The number of allylic oxidation sites excluding steroid dienone is 1. The highest BCUT2D eigenvalue weighted by molar-refractivity contribution is 4.67. The van der Waals surface area contributed by atoms with Gasteiger partial charge >= 0.3 is 0 Å². The summed E-state index contributed by atoms with van der Waals surface area (Å²) in [7, 11) is 0. The predicted molar refractivity (Wildman–Crippen MR) is 66.6 cm³/mol. The van der Waals surface area contributed by atoms with E-state index in [4.69, 9.17) is 0 Å². The normalized spacial score (nSPS) is 12.7. The summed E-state index contributed by atoms with van der Waals surface area (Å²) in [5.74, 6) is 0.979. The fourth-order valence-electron chi connectivity index (χ4n) is 1.96. The highest BCUT2D eigenvalue weighted by atomic mass is 14.1. The average molecular weight is 196 g/mol. The molecule has 0 aromatic rings. The van der Waals surface area contributed by atoms with E-state index in [-0.39, 0.29) is 0 Å². The van der Waals surface area contributed by atoms with Gasteiger partial charge in [0, 0.05) is 0 Å². The standard InChI is InChI=1S/C14H28/c1-4-7-9-11-13-14(6-3)12-10-8-5-2/h5,14H,2,4,6-13H2,1,3H3. The Balaban J connectivity index is 3.33. The van der Waals surface area contributed by atoms with Crippen molar-refractivity contribution >= 4 is 0 Å². The van der Waals surface area contributed by atoms with Crippen LogP contribution in [0.4, 0.5) is 0 Å². The Labute approximate surface area is 90.8 Å². The largest absolute Gasteiger partial charge is 0.103 e. The van der Waals surface area contributed by atoms with E-state index in [1.165, 1.54) is 57.8 Å². The third kappa shape index (κ3) is 8.34. The van der Waals surface area contributed by atoms with Gasteiger partial charge in [0.1, 0.15) is 0 Å². The third-order valence-electron chi connectivity index (χ3n) is 3.06. The van der Waals surface area contributed by atoms with E-state index in [0.29, 0.717) is 0 Å². The van der Waals surface area contributed by atoms with Crippen molar-refractivity contribution in [2.75, 3.05) is 0 Å². The molecule has 0 radical (unpaired) electrons. The SMILES string of the molecule is C=CCCCC(CC)CCCCCC. The van der Waals surface area contributed by atoms with Gasteiger partial charge < -0.3 is 0 Å². The molecule has 1 atom stereocenters. The van der Waals surface area contributed by atoms with E-state index in [0.717, 1.165) is 5.92 Å². The maximum absolute atomic E-state index is 3.77. The summed E-state index contributed by atoms with van der Waals surface area (Å²) in [6.07, 6.45) is 14.5. The molecule has 1 unspecified atom stereocenters. The lowest BCUT2D eigenvalue weighted by Gasteiger charge is -2.13. The molecule has 0 rings (SSSR count). The molecule has 0 saturated heterocycles. The van der Waals surface area contributed by atoms with Gasteiger partial charge in [-0.15, -0.1) is 6.58 Å². The van der Waals surface area contributed by atoms with Crippen LogP contribution in [0.15, 0.2) is 12.7 Å². The lowest BCUT2D eigenvalue weighted by molar-refractivity contribution is 0.404. The Hall–Kier alpha value is -0.260. The van der Waals surface area contributed by atoms with Gasteiger partial charge in [-0.1, -0.05) is 64.9 Å². The fourth-order valence-corrected chi connectivity index (χ4v) is 1.96. The lowest BCUT2D eigenvalue weighted by atomic mass is 9.93. The van der Waals surface area contributed by atoms with Crippen LogP contribution in [0.25, 0.3) is 0 Å². The Morgan fingerprint density at radius 2 is 1.71 bits per heavy atom. The maximum atomic E-state index is 3.77. The molecule has 0 amide bonds. The lowest BCUT2D eigenvalue weighted by Crippen LogP contribution is -1.98. The van der Waals surface area contributed by atoms with Crippen LogP contribution >= 0.6 is 0 Å². The van der Waals surface area contributed by atoms with E-state index < -0.39 is 0 Å². The first-order valence-corrected chi connectivity index (χ1v) is 6.46. The Bertz CT molecular complexity index is 115. The van der Waals surface area contributed by atoms with E-state index in [1.807, 2.05) is 6.08 Å². The predicted octanol–water partition coefficient (Wildman–Crippen LogP) is 5.34. The van der Waals surface area contributed by atoms with Gasteiger partial charge in [0.15, 0.2) is 0 Å². The van der Waals surface area contributed by atoms with Crippen LogP contribution in [0.3, 0.4) is 0 Å². The molecular weight excluding hydrogens is 168 g/mol. The van der Waals surface area contributed by atoms with Crippen LogP contribution in [0.5, 0.6) is 0 Å². The zero-order chi connectivity index (χ0) is 10.6. The van der Waals surface area contributed by atoms with Gasteiger partial charge in [-0.2, -0.15) is 0 Å². The summed E-state index contributed by atoms with van der Waals surface area (Å²) in [6.45, 7) is 8.38. The zero-order valence-corrected chi connectivity index (χ0v) is 10.2. The summed E-state index contributed by atoms with van der Waals surface area (Å²) < 4.78 is 0. The van der Waals surface area contributed by atoms with Gasteiger partial charge in [-0.3, -0.25) is 0 Å². The second kappa shape index (κ2) is 10.8. The molecule has 0 N–H and O–H groups in total. The van der Waals surface area contributed by atoms with Gasteiger partial charge in [-0.25, -0.2) is 0 Å². The van der Waals surface area contributed by atoms with E-state index in [9.17, 15) is 0 Å². The summed E-state index contributed by atoms with van der Waals surface area (Å²) in [5, 5.41) is 0. The molecular formula is C14H28. The molecule has 0 heteroatoms. The van der Waals surface area contributed by atoms with Crippen LogP contribution in [-0.2, 0) is 0 Å². The van der Waals surface area contributed by atoms with Crippen molar-refractivity contribution in [1.29, 1.82) is 0 Å². The molecule has 0 aromatic heterocycles. The third-order valence-corrected chi connectivity index (χ3v) is 3.06. The van der Waals surface area contributed by atoms with Crippen molar-refractivity contribution in [3.8, 4) is 0 Å². The second-order valence-corrected chi connectivity index (χ2v) is 4.34. The average Bonchev–Trinajstić information content (AvgIpc) is 2.22. The molecule has 0 saturated carbocycles. The summed E-state index contributed by atoms with van der Waals surface area (Å²) in [6, 6.07) is 0. The summed E-state index contributed by atoms with van der Waals surface area (Å²) in [4.78, 5) is 0. The second-order valence-electron chi connectivity index (χ2n) is 4.34. The molecule has 0 bridgehead atoms. The van der Waals surface area contributed by atoms with Crippen LogP contribution in [0.2, 0.25) is 0 Å². The summed E-state index contributed by atoms with van der Waals surface area (Å²) in [5.41, 5.74) is 0. The van der Waals surface area contributed by atoms with Crippen LogP contribution in [0.1, 0.15) is 71.6 Å². The minimum Gasteiger partial charge on any atom is -0.103 e. The molecule has 0 aliphatic heterocycles. The van der Waals surface area contributed by atoms with E-state index >= 15 is 0 Å². The number of rotatable bonds is 10. The van der Waals surface area contributed by atoms with Gasteiger partial charge in [0.2, 0.25) is 0 Å². The van der Waals surface area contributed by atoms with Gasteiger partial charge in [-0.05, 0) is 18.8 Å². The molecule has 0 fully saturated rings. The van der Waals surface area contributed by atoms with Crippen LogP contribution in [-0.4, -0.2) is 0 Å². The van der Waals surface area contributed by atoms with Crippen molar-refractivity contribution in [1.82, 2.24) is 0 Å². The first kappa shape index (κ1) is 13.7. The zero-order valence-electron chi connectivity index (χ0n) is 10.2. The highest BCUT2D eigenvalue weighted by Crippen LogP contribution is 2.20. The van der Waals surface area contributed by atoms with Gasteiger partial charge in [0.25, 0.3) is 0 Å². The van der Waals surface area contributed by atoms with Crippen molar-refractivity contribution in [2.24, 2.45) is 5.92 Å². The van der Waals surface area contributed by atoms with E-state index in [1.54, 1.807) is 0 Å². The Kier molecular flexibility index (Phi) is 10.6. The summed E-state index contributed by atoms with van der Waals surface area (Å²) >= 11 is 0. The molecule has 0 aliphatic carbocycles. The topological polar surface area (TPSA) is 0 Å². The van der Waals surface area contributed by atoms with E-state index in [2.05, 4.69) is 20.4 Å².